The maximum atomic E-state index is 13.0. The van der Waals surface area contributed by atoms with E-state index < -0.39 is 0 Å². The number of pyridine rings is 1. The summed E-state index contributed by atoms with van der Waals surface area (Å²) in [5.74, 6) is -0.376. The number of nitrogens with one attached hydrogen (secondary N) is 2. The van der Waals surface area contributed by atoms with Gasteiger partial charge in [0.25, 0.3) is 5.91 Å². The monoisotopic (exact) mass is 453 g/mol. The first-order chi connectivity index (χ1) is 15.5. The van der Waals surface area contributed by atoms with Crippen molar-refractivity contribution in [3.63, 3.8) is 0 Å². The van der Waals surface area contributed by atoms with Crippen LogP contribution >= 0.6 is 11.3 Å². The first kappa shape index (κ1) is 23.4. The van der Waals surface area contributed by atoms with Gasteiger partial charge in [0.1, 0.15) is 5.69 Å². The molecular weight excluding hydrogens is 426 g/mol. The maximum Gasteiger partial charge on any atom is 0.273 e. The van der Waals surface area contributed by atoms with Crippen LogP contribution in [0.4, 0.5) is 10.8 Å². The van der Waals surface area contributed by atoms with Crippen molar-refractivity contribution in [1.29, 1.82) is 0 Å². The summed E-state index contributed by atoms with van der Waals surface area (Å²) in [5, 5.41) is 8.42. The average Bonchev–Trinajstić information content (AvgIpc) is 3.26. The van der Waals surface area contributed by atoms with Gasteiger partial charge in [-0.25, -0.2) is 4.98 Å². The van der Waals surface area contributed by atoms with Gasteiger partial charge in [-0.15, -0.1) is 11.3 Å². The molecule has 168 valence electrons. The van der Waals surface area contributed by atoms with Gasteiger partial charge in [0.15, 0.2) is 5.13 Å². The summed E-state index contributed by atoms with van der Waals surface area (Å²) in [4.78, 5) is 35.5. The molecule has 0 saturated carbocycles. The number of thiazole rings is 1. The predicted octanol–water partition coefficient (Wildman–Crippen LogP) is 3.39. The maximum absolute atomic E-state index is 13.0. The van der Waals surface area contributed by atoms with E-state index in [9.17, 15) is 9.59 Å². The lowest BCUT2D eigenvalue weighted by Crippen LogP contribution is -2.37. The van der Waals surface area contributed by atoms with Crippen LogP contribution in [0.5, 0.6) is 0 Å². The minimum absolute atomic E-state index is 0.147. The number of anilines is 2. The molecule has 2 heterocycles. The number of hydrogen-bond donors (Lipinski definition) is 2. The first-order valence-corrected chi connectivity index (χ1v) is 11.2. The van der Waals surface area contributed by atoms with Gasteiger partial charge in [0.2, 0.25) is 5.91 Å². The summed E-state index contributed by atoms with van der Waals surface area (Å²) < 4.78 is 5.13. The zero-order valence-corrected chi connectivity index (χ0v) is 19.0. The fraction of sp³-hybridized carbons (Fsp3) is 0.304. The Balaban J connectivity index is 1.56. The Labute approximate surface area is 191 Å². The molecule has 0 atom stereocenters. The predicted molar refractivity (Wildman–Crippen MR) is 125 cm³/mol. The third-order valence-corrected chi connectivity index (χ3v) is 5.40. The smallest absolute Gasteiger partial charge is 0.273 e. The van der Waals surface area contributed by atoms with Crippen LogP contribution in [-0.2, 0) is 16.1 Å². The number of methoxy groups -OCH3 is 1. The first-order valence-electron chi connectivity index (χ1n) is 10.3. The van der Waals surface area contributed by atoms with Gasteiger partial charge in [0, 0.05) is 43.9 Å². The zero-order chi connectivity index (χ0) is 22.8. The van der Waals surface area contributed by atoms with Crippen LogP contribution in [0.3, 0.4) is 0 Å². The highest BCUT2D eigenvalue weighted by atomic mass is 32.1. The zero-order valence-electron chi connectivity index (χ0n) is 18.2. The Hall–Kier alpha value is -3.30. The topological polar surface area (TPSA) is 96.5 Å². The Morgan fingerprint density at radius 1 is 1.16 bits per heavy atom. The fourth-order valence-corrected chi connectivity index (χ4v) is 3.68. The number of carbonyl (C=O) groups is 2. The largest absolute Gasteiger partial charge is 0.383 e. The molecule has 0 spiro atoms. The fourth-order valence-electron chi connectivity index (χ4n) is 2.97. The molecule has 32 heavy (non-hydrogen) atoms. The second-order valence-corrected chi connectivity index (χ2v) is 8.02. The molecule has 3 aromatic rings. The molecule has 0 aliphatic rings. The summed E-state index contributed by atoms with van der Waals surface area (Å²) in [5.41, 5.74) is 3.17. The summed E-state index contributed by atoms with van der Waals surface area (Å²) in [6.45, 7) is 3.39. The van der Waals surface area contributed by atoms with Crippen molar-refractivity contribution in [2.75, 3.05) is 32.1 Å². The molecule has 0 radical (unpaired) electrons. The number of hydrogen-bond acceptors (Lipinski definition) is 7. The molecule has 1 aromatic carbocycles. The summed E-state index contributed by atoms with van der Waals surface area (Å²) in [7, 11) is 1.58. The molecule has 0 unspecified atom stereocenters. The number of nitrogens with zero attached hydrogens (tertiary/aromatic N) is 3. The molecule has 0 aliphatic carbocycles. The standard InChI is InChI=1S/C23H27N5O3S/c1-17-6-5-8-18(14-17)26-23-27-20(16-32-23)22(30)28(12-13-31-2)11-9-21(29)25-15-19-7-3-4-10-24-19/h3-8,10,14,16H,9,11-13,15H2,1-2H3,(H,25,29)(H,26,27). The molecular formula is C23H27N5O3S. The second-order valence-electron chi connectivity index (χ2n) is 7.17. The lowest BCUT2D eigenvalue weighted by atomic mass is 10.2. The molecule has 9 heteroatoms. The Bertz CT molecular complexity index is 1030. The van der Waals surface area contributed by atoms with Crippen LogP contribution in [0.25, 0.3) is 0 Å². The normalized spacial score (nSPS) is 10.6. The number of aromatic nitrogens is 2. The number of aryl methyl sites for hydroxylation is 1. The third-order valence-electron chi connectivity index (χ3n) is 4.65. The van der Waals surface area contributed by atoms with E-state index >= 15 is 0 Å². The molecule has 0 aliphatic heterocycles. The van der Waals surface area contributed by atoms with E-state index in [1.807, 2.05) is 49.4 Å². The van der Waals surface area contributed by atoms with Crippen molar-refractivity contribution in [1.82, 2.24) is 20.2 Å². The van der Waals surface area contributed by atoms with Gasteiger partial charge >= 0.3 is 0 Å². The van der Waals surface area contributed by atoms with Crippen LogP contribution in [0.15, 0.2) is 54.0 Å². The van der Waals surface area contributed by atoms with Gasteiger partial charge in [-0.3, -0.25) is 14.6 Å². The summed E-state index contributed by atoms with van der Waals surface area (Å²) >= 11 is 1.36. The quantitative estimate of drug-likeness (QED) is 0.462. The van der Waals surface area contributed by atoms with E-state index in [1.165, 1.54) is 11.3 Å². The highest BCUT2D eigenvalue weighted by Gasteiger charge is 2.20. The van der Waals surface area contributed by atoms with E-state index in [2.05, 4.69) is 20.6 Å². The second kappa shape index (κ2) is 11.9. The van der Waals surface area contributed by atoms with Crippen LogP contribution in [0, 0.1) is 6.92 Å². The van der Waals surface area contributed by atoms with Crippen molar-refractivity contribution in [3.05, 3.63) is 71.0 Å². The Morgan fingerprint density at radius 3 is 2.78 bits per heavy atom. The summed E-state index contributed by atoms with van der Waals surface area (Å²) in [6.07, 6.45) is 1.86. The number of amides is 2. The molecule has 0 bridgehead atoms. The van der Waals surface area contributed by atoms with E-state index in [1.54, 1.807) is 23.6 Å². The molecule has 0 saturated heterocycles. The average molecular weight is 454 g/mol. The highest BCUT2D eigenvalue weighted by molar-refractivity contribution is 7.14. The summed E-state index contributed by atoms with van der Waals surface area (Å²) in [6, 6.07) is 13.5. The van der Waals surface area contributed by atoms with E-state index in [4.69, 9.17) is 4.74 Å². The third kappa shape index (κ3) is 7.14. The molecule has 2 aromatic heterocycles. The lowest BCUT2D eigenvalue weighted by molar-refractivity contribution is -0.121. The van der Waals surface area contributed by atoms with Gasteiger partial charge < -0.3 is 20.3 Å². The van der Waals surface area contributed by atoms with Crippen LogP contribution in [-0.4, -0.2) is 53.5 Å². The molecule has 0 fully saturated rings. The van der Waals surface area contributed by atoms with Crippen molar-refractivity contribution < 1.29 is 14.3 Å². The van der Waals surface area contributed by atoms with Crippen LogP contribution in [0.2, 0.25) is 0 Å². The van der Waals surface area contributed by atoms with Gasteiger partial charge in [0.05, 0.1) is 18.8 Å². The van der Waals surface area contributed by atoms with Crippen molar-refractivity contribution in [2.24, 2.45) is 0 Å². The van der Waals surface area contributed by atoms with Gasteiger partial charge in [-0.2, -0.15) is 0 Å². The number of ether oxygens (including phenoxy) is 1. The van der Waals surface area contributed by atoms with Crippen molar-refractivity contribution in [3.8, 4) is 0 Å². The molecule has 8 nitrogen and oxygen atoms in total. The highest BCUT2D eigenvalue weighted by Crippen LogP contribution is 2.22. The van der Waals surface area contributed by atoms with Crippen molar-refractivity contribution >= 4 is 34.0 Å². The van der Waals surface area contributed by atoms with Crippen molar-refractivity contribution in [2.45, 2.75) is 19.9 Å². The number of carbonyl (C=O) groups excluding carboxylic acids is 2. The van der Waals surface area contributed by atoms with E-state index in [0.717, 1.165) is 16.9 Å². The van der Waals surface area contributed by atoms with Crippen LogP contribution in [0.1, 0.15) is 28.2 Å². The molecule has 3 rings (SSSR count). The SMILES string of the molecule is COCCN(CCC(=O)NCc1ccccn1)C(=O)c1csc(Nc2cccc(C)c2)n1. The Morgan fingerprint density at radius 2 is 2.03 bits per heavy atom. The van der Waals surface area contributed by atoms with Gasteiger partial charge in [-0.1, -0.05) is 18.2 Å². The number of rotatable bonds is 11. The molecule has 2 amide bonds. The molecule has 2 N–H and O–H groups in total. The van der Waals surface area contributed by atoms with E-state index in [0.29, 0.717) is 30.5 Å². The van der Waals surface area contributed by atoms with Gasteiger partial charge in [-0.05, 0) is 36.8 Å². The minimum atomic E-state index is -0.229. The Kier molecular flexibility index (Phi) is 8.70. The van der Waals surface area contributed by atoms with Crippen LogP contribution < -0.4 is 10.6 Å². The lowest BCUT2D eigenvalue weighted by Gasteiger charge is -2.21. The van der Waals surface area contributed by atoms with E-state index in [-0.39, 0.29) is 24.8 Å². The number of benzene rings is 1. The minimum Gasteiger partial charge on any atom is -0.383 e.